The van der Waals surface area contributed by atoms with Crippen LogP contribution in [0.15, 0.2) is 24.3 Å². The number of nitrogens with zero attached hydrogens (tertiary/aromatic N) is 3. The molecule has 1 unspecified atom stereocenters. The number of likely N-dealkylation sites (tertiary alicyclic amines) is 1. The smallest absolute Gasteiger partial charge is 0.323 e. The van der Waals surface area contributed by atoms with Crippen LogP contribution < -0.4 is 10.2 Å². The molecule has 0 bridgehead atoms. The van der Waals surface area contributed by atoms with E-state index in [1.54, 1.807) is 0 Å². The van der Waals surface area contributed by atoms with Crippen LogP contribution in [-0.2, 0) is 9.53 Å². The Morgan fingerprint density at radius 2 is 1.81 bits per heavy atom. The highest BCUT2D eigenvalue weighted by molar-refractivity contribution is 5.95. The van der Waals surface area contributed by atoms with Crippen LogP contribution in [0, 0.1) is 5.92 Å². The number of carbonyl (C=O) groups excluding carboxylic acids is 2. The van der Waals surface area contributed by atoms with Gasteiger partial charge in [0.1, 0.15) is 6.04 Å². The third kappa shape index (κ3) is 5.57. The van der Waals surface area contributed by atoms with E-state index in [9.17, 15) is 9.59 Å². The Morgan fingerprint density at radius 3 is 2.45 bits per heavy atom. The highest BCUT2D eigenvalue weighted by atomic mass is 16.5. The predicted molar refractivity (Wildman–Crippen MR) is 123 cm³/mol. The third-order valence-electron chi connectivity index (χ3n) is 6.80. The average Bonchev–Trinajstić information content (AvgIpc) is 3.26. The SMILES string of the molecule is COC(=O)[C@@H]1CCCN1C(C)[C@@H](NC(=O)c1cccc(N2CCN(C)CC2)c1)C(C)C. The van der Waals surface area contributed by atoms with E-state index in [1.807, 2.05) is 18.2 Å². The fraction of sp³-hybridized carbons (Fsp3) is 0.667. The van der Waals surface area contributed by atoms with Crippen LogP contribution >= 0.6 is 0 Å². The van der Waals surface area contributed by atoms with Gasteiger partial charge < -0.3 is 19.9 Å². The minimum atomic E-state index is -0.223. The lowest BCUT2D eigenvalue weighted by atomic mass is 9.95. The van der Waals surface area contributed by atoms with Crippen LogP contribution in [0.4, 0.5) is 5.69 Å². The number of anilines is 1. The number of likely N-dealkylation sites (N-methyl/N-ethyl adjacent to an activating group) is 1. The minimum absolute atomic E-state index is 0.0383. The van der Waals surface area contributed by atoms with Gasteiger partial charge in [-0.05, 0) is 57.5 Å². The Morgan fingerprint density at radius 1 is 1.10 bits per heavy atom. The monoisotopic (exact) mass is 430 g/mol. The van der Waals surface area contributed by atoms with Gasteiger partial charge in [-0.2, -0.15) is 0 Å². The maximum atomic E-state index is 13.2. The quantitative estimate of drug-likeness (QED) is 0.669. The van der Waals surface area contributed by atoms with E-state index in [-0.39, 0.29) is 35.9 Å². The molecule has 0 aromatic heterocycles. The van der Waals surface area contributed by atoms with Gasteiger partial charge in [0.2, 0.25) is 0 Å². The molecular formula is C24H38N4O3. The molecule has 2 heterocycles. The van der Waals surface area contributed by atoms with Crippen LogP contribution in [0.1, 0.15) is 44.0 Å². The second-order valence-corrected chi connectivity index (χ2v) is 9.24. The normalized spacial score (nSPS) is 22.4. The number of methoxy groups -OCH3 is 1. The maximum Gasteiger partial charge on any atom is 0.323 e. The summed E-state index contributed by atoms with van der Waals surface area (Å²) in [4.78, 5) is 32.3. The molecule has 1 aromatic carbocycles. The summed E-state index contributed by atoms with van der Waals surface area (Å²) in [5.41, 5.74) is 1.78. The lowest BCUT2D eigenvalue weighted by Gasteiger charge is -2.37. The van der Waals surface area contributed by atoms with Gasteiger partial charge in [-0.1, -0.05) is 19.9 Å². The molecule has 7 nitrogen and oxygen atoms in total. The van der Waals surface area contributed by atoms with Crippen molar-refractivity contribution in [2.45, 2.75) is 51.7 Å². The number of amides is 1. The third-order valence-corrected chi connectivity index (χ3v) is 6.80. The first-order chi connectivity index (χ1) is 14.8. The Labute approximate surface area is 186 Å². The van der Waals surface area contributed by atoms with Crippen LogP contribution in [0.25, 0.3) is 0 Å². The number of carbonyl (C=O) groups is 2. The highest BCUT2D eigenvalue weighted by Gasteiger charge is 2.38. The lowest BCUT2D eigenvalue weighted by Crippen LogP contribution is -2.55. The van der Waals surface area contributed by atoms with Crippen molar-refractivity contribution in [3.63, 3.8) is 0 Å². The summed E-state index contributed by atoms with van der Waals surface area (Å²) in [6.45, 7) is 11.2. The standard InChI is InChI=1S/C24H38N4O3/c1-17(2)22(18(3)28-11-7-10-21(28)24(30)31-5)25-23(29)19-8-6-9-20(16-19)27-14-12-26(4)13-15-27/h6,8-9,16-18,21-22H,7,10-15H2,1-5H3,(H,25,29)/t18?,21-,22-/m0/s1. The molecule has 0 spiro atoms. The van der Waals surface area contributed by atoms with Gasteiger partial charge in [0, 0.05) is 49.5 Å². The van der Waals surface area contributed by atoms with E-state index >= 15 is 0 Å². The molecule has 2 saturated heterocycles. The van der Waals surface area contributed by atoms with E-state index in [1.165, 1.54) is 7.11 Å². The van der Waals surface area contributed by atoms with Crippen molar-refractivity contribution in [1.82, 2.24) is 15.1 Å². The Bertz CT molecular complexity index is 761. The molecule has 2 aliphatic rings. The maximum absolute atomic E-state index is 13.2. The van der Waals surface area contributed by atoms with Crippen LogP contribution in [0.2, 0.25) is 0 Å². The van der Waals surface area contributed by atoms with Crippen molar-refractivity contribution in [3.8, 4) is 0 Å². The van der Waals surface area contributed by atoms with Gasteiger partial charge in [0.05, 0.1) is 7.11 Å². The zero-order valence-electron chi connectivity index (χ0n) is 19.6. The molecule has 0 radical (unpaired) electrons. The number of piperazine rings is 1. The van der Waals surface area contributed by atoms with Crippen molar-refractivity contribution in [2.24, 2.45) is 5.92 Å². The molecule has 1 N–H and O–H groups in total. The van der Waals surface area contributed by atoms with Crippen LogP contribution in [-0.4, -0.2) is 86.7 Å². The summed E-state index contributed by atoms with van der Waals surface area (Å²) < 4.78 is 5.01. The van der Waals surface area contributed by atoms with Gasteiger partial charge >= 0.3 is 5.97 Å². The fourth-order valence-corrected chi connectivity index (χ4v) is 4.86. The molecule has 172 valence electrons. The summed E-state index contributed by atoms with van der Waals surface area (Å²) in [7, 11) is 3.58. The number of hydrogen-bond donors (Lipinski definition) is 1. The van der Waals surface area contributed by atoms with Crippen LogP contribution in [0.3, 0.4) is 0 Å². The Hall–Kier alpha value is -2.12. The largest absolute Gasteiger partial charge is 0.468 e. The number of ether oxygens (including phenoxy) is 1. The van der Waals surface area contributed by atoms with Gasteiger partial charge in [-0.15, -0.1) is 0 Å². The number of hydrogen-bond acceptors (Lipinski definition) is 6. The predicted octanol–water partition coefficient (Wildman–Crippen LogP) is 2.22. The van der Waals surface area contributed by atoms with E-state index in [0.717, 1.165) is 51.3 Å². The summed E-state index contributed by atoms with van der Waals surface area (Å²) in [6.07, 6.45) is 1.78. The minimum Gasteiger partial charge on any atom is -0.468 e. The number of rotatable bonds is 7. The molecule has 31 heavy (non-hydrogen) atoms. The molecule has 7 heteroatoms. The summed E-state index contributed by atoms with van der Waals surface area (Å²) >= 11 is 0. The molecule has 1 aromatic rings. The second-order valence-electron chi connectivity index (χ2n) is 9.24. The topological polar surface area (TPSA) is 65.1 Å². The van der Waals surface area contributed by atoms with Crippen molar-refractivity contribution < 1.29 is 14.3 Å². The molecule has 2 fully saturated rings. The number of nitrogens with one attached hydrogen (secondary N) is 1. The van der Waals surface area contributed by atoms with Gasteiger partial charge in [0.15, 0.2) is 0 Å². The van der Waals surface area contributed by atoms with Gasteiger partial charge in [-0.25, -0.2) is 0 Å². The first kappa shape index (κ1) is 23.5. The number of benzene rings is 1. The zero-order chi connectivity index (χ0) is 22.5. The molecule has 1 amide bonds. The fourth-order valence-electron chi connectivity index (χ4n) is 4.86. The van der Waals surface area contributed by atoms with Crippen molar-refractivity contribution in [3.05, 3.63) is 29.8 Å². The Kier molecular flexibility index (Phi) is 7.94. The highest BCUT2D eigenvalue weighted by Crippen LogP contribution is 2.25. The first-order valence-electron chi connectivity index (χ1n) is 11.5. The van der Waals surface area contributed by atoms with Crippen molar-refractivity contribution in [2.75, 3.05) is 51.8 Å². The molecular weight excluding hydrogens is 392 g/mol. The summed E-state index contributed by atoms with van der Waals surface area (Å²) in [5.74, 6) is -0.00735. The van der Waals surface area contributed by atoms with E-state index in [4.69, 9.17) is 4.74 Å². The van der Waals surface area contributed by atoms with E-state index in [2.05, 4.69) is 53.9 Å². The van der Waals surface area contributed by atoms with E-state index in [0.29, 0.717) is 5.56 Å². The summed E-state index contributed by atoms with van der Waals surface area (Å²) in [6, 6.07) is 7.67. The van der Waals surface area contributed by atoms with Crippen molar-refractivity contribution in [1.29, 1.82) is 0 Å². The first-order valence-corrected chi connectivity index (χ1v) is 11.5. The van der Waals surface area contributed by atoms with Crippen molar-refractivity contribution >= 4 is 17.6 Å². The molecule has 3 rings (SSSR count). The van der Waals surface area contributed by atoms with Gasteiger partial charge in [0.25, 0.3) is 5.91 Å². The Balaban J connectivity index is 1.71. The zero-order valence-corrected chi connectivity index (χ0v) is 19.6. The lowest BCUT2D eigenvalue weighted by molar-refractivity contribution is -0.146. The summed E-state index contributed by atoms with van der Waals surface area (Å²) in [5, 5.41) is 3.26. The molecule has 0 saturated carbocycles. The molecule has 2 aliphatic heterocycles. The molecule has 3 atom stereocenters. The second kappa shape index (κ2) is 10.5. The van der Waals surface area contributed by atoms with E-state index < -0.39 is 0 Å². The van der Waals surface area contributed by atoms with Crippen LogP contribution in [0.5, 0.6) is 0 Å². The van der Waals surface area contributed by atoms with Gasteiger partial charge in [-0.3, -0.25) is 14.5 Å². The number of esters is 1. The average molecular weight is 431 g/mol. The molecule has 0 aliphatic carbocycles.